The van der Waals surface area contributed by atoms with E-state index in [1.807, 2.05) is 0 Å². The molecule has 0 aliphatic carbocycles. The normalized spacial score (nSPS) is 12.4. The molecule has 0 amide bonds. The smallest absolute Gasteiger partial charge is 0.395 e. The van der Waals surface area contributed by atoms with Crippen LogP contribution in [-0.4, -0.2) is 47.3 Å². The fourth-order valence-corrected chi connectivity index (χ4v) is 1.41. The molecule has 1 N–H and O–H groups in total. The molecule has 0 radical (unpaired) electrons. The quantitative estimate of drug-likeness (QED) is 0.455. The van der Waals surface area contributed by atoms with Gasteiger partial charge in [-0.25, -0.2) is 0 Å². The molecule has 0 rings (SSSR count). The van der Waals surface area contributed by atoms with Gasteiger partial charge in [0.1, 0.15) is 6.54 Å². The van der Waals surface area contributed by atoms with Gasteiger partial charge in [0.05, 0.1) is 6.61 Å². The molecule has 0 saturated heterocycles. The summed E-state index contributed by atoms with van der Waals surface area (Å²) in [7, 11) is 0. The monoisotopic (exact) mass is 241 g/mol. The fourth-order valence-electron chi connectivity index (χ4n) is 0.868. The number of aliphatic hydroxyl groups is 1. The van der Waals surface area contributed by atoms with Crippen molar-refractivity contribution < 1.29 is 18.3 Å². The Morgan fingerprint density at radius 3 is 2.53 bits per heavy atom. The van der Waals surface area contributed by atoms with Gasteiger partial charge in [0.15, 0.2) is 5.17 Å². The molecule has 0 saturated carbocycles. The van der Waals surface area contributed by atoms with Gasteiger partial charge in [0, 0.05) is 6.54 Å². The fraction of sp³-hybridized carbons (Fsp3) is 0.714. The van der Waals surface area contributed by atoms with E-state index in [4.69, 9.17) is 10.4 Å². The summed E-state index contributed by atoms with van der Waals surface area (Å²) < 4.78 is 36.3. The summed E-state index contributed by atoms with van der Waals surface area (Å²) in [4.78, 5) is 4.06. The zero-order chi connectivity index (χ0) is 11.9. The summed E-state index contributed by atoms with van der Waals surface area (Å²) in [5.74, 6) is 0. The van der Waals surface area contributed by atoms with Crippen molar-refractivity contribution in [1.82, 2.24) is 4.90 Å². The van der Waals surface area contributed by atoms with Crippen molar-refractivity contribution in [3.63, 3.8) is 0 Å². The van der Waals surface area contributed by atoms with E-state index in [2.05, 4.69) is 4.99 Å². The first kappa shape index (κ1) is 14.1. The molecular formula is C7H10F3N3OS. The van der Waals surface area contributed by atoms with Crippen LogP contribution in [0.1, 0.15) is 0 Å². The van der Waals surface area contributed by atoms with Crippen molar-refractivity contribution in [2.24, 2.45) is 4.99 Å². The highest BCUT2D eigenvalue weighted by atomic mass is 32.2. The van der Waals surface area contributed by atoms with Crippen LogP contribution >= 0.6 is 11.8 Å². The van der Waals surface area contributed by atoms with Crippen molar-refractivity contribution in [3.05, 3.63) is 0 Å². The van der Waals surface area contributed by atoms with E-state index in [0.29, 0.717) is 0 Å². The van der Waals surface area contributed by atoms with E-state index < -0.39 is 19.3 Å². The van der Waals surface area contributed by atoms with Gasteiger partial charge in [0.2, 0.25) is 6.19 Å². The molecule has 0 atom stereocenters. The molecule has 0 spiro atoms. The van der Waals surface area contributed by atoms with Crippen LogP contribution in [-0.2, 0) is 0 Å². The number of nitrogens with zero attached hydrogens (tertiary/aromatic N) is 3. The molecule has 0 aromatic carbocycles. The molecule has 15 heavy (non-hydrogen) atoms. The van der Waals surface area contributed by atoms with Crippen LogP contribution in [0.5, 0.6) is 0 Å². The standard InChI is InChI=1S/C7H10F3N3OS/c1-15-6(12-5-11)13(2-3-14)4-7(8,9)10/h14H,2-4H2,1H3. The van der Waals surface area contributed by atoms with Crippen LogP contribution in [0.3, 0.4) is 0 Å². The van der Waals surface area contributed by atoms with Crippen LogP contribution < -0.4 is 0 Å². The topological polar surface area (TPSA) is 59.6 Å². The third-order valence-electron chi connectivity index (χ3n) is 1.34. The Balaban J connectivity index is 4.64. The van der Waals surface area contributed by atoms with Gasteiger partial charge in [-0.1, -0.05) is 11.8 Å². The first-order valence-electron chi connectivity index (χ1n) is 3.88. The largest absolute Gasteiger partial charge is 0.405 e. The molecule has 0 fully saturated rings. The average Bonchev–Trinajstić information content (AvgIpc) is 2.11. The number of amidine groups is 1. The highest BCUT2D eigenvalue weighted by Gasteiger charge is 2.31. The van der Waals surface area contributed by atoms with Crippen molar-refractivity contribution in [2.75, 3.05) is 26.0 Å². The Morgan fingerprint density at radius 1 is 1.60 bits per heavy atom. The van der Waals surface area contributed by atoms with E-state index in [0.717, 1.165) is 16.7 Å². The molecule has 8 heteroatoms. The maximum absolute atomic E-state index is 12.1. The molecule has 0 bridgehead atoms. The van der Waals surface area contributed by atoms with E-state index in [-0.39, 0.29) is 11.7 Å². The van der Waals surface area contributed by atoms with Crippen molar-refractivity contribution in [2.45, 2.75) is 6.18 Å². The second-order valence-corrected chi connectivity index (χ2v) is 3.23. The molecule has 0 aromatic heterocycles. The molecule has 0 aromatic rings. The molecule has 0 unspecified atom stereocenters. The minimum atomic E-state index is -4.39. The Hall–Kier alpha value is -0.940. The number of nitriles is 1. The summed E-state index contributed by atoms with van der Waals surface area (Å²) in [6.45, 7) is -1.86. The zero-order valence-corrected chi connectivity index (χ0v) is 8.77. The lowest BCUT2D eigenvalue weighted by atomic mass is 10.5. The summed E-state index contributed by atoms with van der Waals surface area (Å²) >= 11 is 0.926. The van der Waals surface area contributed by atoms with Crippen LogP contribution in [0.2, 0.25) is 0 Å². The molecule has 0 heterocycles. The number of thioether (sulfide) groups is 1. The second-order valence-electron chi connectivity index (χ2n) is 2.46. The van der Waals surface area contributed by atoms with Crippen molar-refractivity contribution in [1.29, 1.82) is 5.26 Å². The molecule has 86 valence electrons. The Bertz CT molecular complexity index is 261. The van der Waals surface area contributed by atoms with Gasteiger partial charge in [-0.2, -0.15) is 18.4 Å². The van der Waals surface area contributed by atoms with Crippen LogP contribution in [0.15, 0.2) is 4.99 Å². The number of aliphatic imine (C=N–C) groups is 1. The third kappa shape index (κ3) is 6.19. The van der Waals surface area contributed by atoms with Crippen molar-refractivity contribution in [3.8, 4) is 6.19 Å². The van der Waals surface area contributed by atoms with Gasteiger partial charge < -0.3 is 10.0 Å². The predicted octanol–water partition coefficient (Wildman–Crippen LogP) is 1.04. The highest BCUT2D eigenvalue weighted by Crippen LogP contribution is 2.18. The number of aliphatic hydroxyl groups excluding tert-OH is 1. The highest BCUT2D eigenvalue weighted by molar-refractivity contribution is 8.13. The number of rotatable bonds is 3. The first-order valence-corrected chi connectivity index (χ1v) is 5.10. The minimum Gasteiger partial charge on any atom is -0.395 e. The summed E-state index contributed by atoms with van der Waals surface area (Å²) in [5.41, 5.74) is 0. The lowest BCUT2D eigenvalue weighted by Gasteiger charge is -2.24. The summed E-state index contributed by atoms with van der Waals surface area (Å²) in [5, 5.41) is 16.8. The lowest BCUT2D eigenvalue weighted by molar-refractivity contribution is -0.138. The van der Waals surface area contributed by atoms with E-state index >= 15 is 0 Å². The molecule has 0 aliphatic heterocycles. The number of hydrogen-bond donors (Lipinski definition) is 1. The van der Waals surface area contributed by atoms with E-state index in [1.165, 1.54) is 12.4 Å². The van der Waals surface area contributed by atoms with Gasteiger partial charge >= 0.3 is 6.18 Å². The molecule has 4 nitrogen and oxygen atoms in total. The van der Waals surface area contributed by atoms with Gasteiger partial charge in [-0.15, -0.1) is 4.99 Å². The summed E-state index contributed by atoms with van der Waals surface area (Å²) in [6.07, 6.45) is -1.46. The Labute approximate surface area is 89.4 Å². The maximum Gasteiger partial charge on any atom is 0.405 e. The molecular weight excluding hydrogens is 231 g/mol. The Morgan fingerprint density at radius 2 is 2.20 bits per heavy atom. The van der Waals surface area contributed by atoms with Crippen LogP contribution in [0, 0.1) is 11.5 Å². The van der Waals surface area contributed by atoms with E-state index in [1.54, 1.807) is 0 Å². The minimum absolute atomic E-state index is 0.0520. The average molecular weight is 241 g/mol. The van der Waals surface area contributed by atoms with Crippen molar-refractivity contribution >= 4 is 16.9 Å². The first-order chi connectivity index (χ1) is 6.94. The van der Waals surface area contributed by atoms with Gasteiger partial charge in [-0.3, -0.25) is 0 Å². The SMILES string of the molecule is CSC(=NC#N)N(CCO)CC(F)(F)F. The Kier molecular flexibility index (Phi) is 6.12. The number of alkyl halides is 3. The summed E-state index contributed by atoms with van der Waals surface area (Å²) in [6, 6.07) is 0. The van der Waals surface area contributed by atoms with Gasteiger partial charge in [-0.05, 0) is 6.26 Å². The predicted molar refractivity (Wildman–Crippen MR) is 51.3 cm³/mol. The molecule has 0 aliphatic rings. The van der Waals surface area contributed by atoms with E-state index in [9.17, 15) is 13.2 Å². The lowest BCUT2D eigenvalue weighted by Crippen LogP contribution is -2.39. The van der Waals surface area contributed by atoms with Crippen LogP contribution in [0.25, 0.3) is 0 Å². The van der Waals surface area contributed by atoms with Gasteiger partial charge in [0.25, 0.3) is 0 Å². The number of hydrogen-bond acceptors (Lipinski definition) is 4. The second kappa shape index (κ2) is 6.53. The third-order valence-corrected chi connectivity index (χ3v) is 2.05. The number of halogens is 3. The maximum atomic E-state index is 12.1. The van der Waals surface area contributed by atoms with Crippen LogP contribution in [0.4, 0.5) is 13.2 Å². The zero-order valence-electron chi connectivity index (χ0n) is 7.95.